The molecule has 1 fully saturated rings. The van der Waals surface area contributed by atoms with E-state index in [-0.39, 0.29) is 22.6 Å². The lowest BCUT2D eigenvalue weighted by Gasteiger charge is -2.24. The van der Waals surface area contributed by atoms with Gasteiger partial charge in [-0.2, -0.15) is 0 Å². The van der Waals surface area contributed by atoms with E-state index < -0.39 is 9.84 Å². The van der Waals surface area contributed by atoms with Crippen molar-refractivity contribution in [3.8, 4) is 0 Å². The van der Waals surface area contributed by atoms with E-state index in [1.165, 1.54) is 6.07 Å². The van der Waals surface area contributed by atoms with Gasteiger partial charge in [-0.1, -0.05) is 36.4 Å². The average Bonchev–Trinajstić information content (AvgIpc) is 3.16. The third-order valence-corrected chi connectivity index (χ3v) is 6.23. The van der Waals surface area contributed by atoms with E-state index in [2.05, 4.69) is 5.32 Å². The minimum absolute atomic E-state index is 0.0755. The van der Waals surface area contributed by atoms with Gasteiger partial charge in [0.05, 0.1) is 10.6 Å². The molecule has 0 saturated carbocycles. The van der Waals surface area contributed by atoms with Crippen molar-refractivity contribution in [1.29, 1.82) is 0 Å². The van der Waals surface area contributed by atoms with Crippen molar-refractivity contribution in [3.63, 3.8) is 0 Å². The number of nitrogens with one attached hydrogen (secondary N) is 1. The van der Waals surface area contributed by atoms with Gasteiger partial charge in [-0.25, -0.2) is 8.42 Å². The number of likely N-dealkylation sites (N-methyl/N-ethyl adjacent to an activating group) is 1. The molecule has 0 aliphatic carbocycles. The zero-order chi connectivity index (χ0) is 17.9. The lowest BCUT2D eigenvalue weighted by atomic mass is 10.1. The fourth-order valence-corrected chi connectivity index (χ4v) is 4.43. The largest absolute Gasteiger partial charge is 0.337 e. The van der Waals surface area contributed by atoms with Crippen LogP contribution in [0.3, 0.4) is 0 Å². The van der Waals surface area contributed by atoms with Crippen molar-refractivity contribution in [2.24, 2.45) is 0 Å². The normalized spacial score (nSPS) is 17.4. The smallest absolute Gasteiger partial charge is 0.253 e. The summed E-state index contributed by atoms with van der Waals surface area (Å²) in [4.78, 5) is 14.6. The molecule has 1 unspecified atom stereocenters. The van der Waals surface area contributed by atoms with E-state index in [4.69, 9.17) is 0 Å². The highest BCUT2D eigenvalue weighted by Crippen LogP contribution is 2.19. The van der Waals surface area contributed by atoms with Crippen LogP contribution in [0.4, 0.5) is 0 Å². The fourth-order valence-electron chi connectivity index (χ4n) is 3.04. The Morgan fingerprint density at radius 3 is 2.60 bits per heavy atom. The molecule has 1 atom stereocenters. The Kier molecular flexibility index (Phi) is 5.20. The molecule has 1 aliphatic heterocycles. The van der Waals surface area contributed by atoms with Gasteiger partial charge in [-0.15, -0.1) is 0 Å². The van der Waals surface area contributed by atoms with Crippen LogP contribution in [0.2, 0.25) is 0 Å². The molecular weight excluding hydrogens is 336 g/mol. The van der Waals surface area contributed by atoms with Crippen LogP contribution in [0.1, 0.15) is 22.3 Å². The number of hydrogen-bond donors (Lipinski definition) is 1. The maximum Gasteiger partial charge on any atom is 0.253 e. The SMILES string of the molecule is CN(C(=O)c1cccc(S(=O)(=O)Cc2ccccc2)c1)C1CCNC1. The zero-order valence-corrected chi connectivity index (χ0v) is 15.0. The molecule has 25 heavy (non-hydrogen) atoms. The molecule has 1 N–H and O–H groups in total. The first-order valence-electron chi connectivity index (χ1n) is 8.32. The van der Waals surface area contributed by atoms with Crippen molar-refractivity contribution < 1.29 is 13.2 Å². The van der Waals surface area contributed by atoms with Gasteiger partial charge in [0.15, 0.2) is 9.84 Å². The minimum Gasteiger partial charge on any atom is -0.337 e. The van der Waals surface area contributed by atoms with E-state index >= 15 is 0 Å². The van der Waals surface area contributed by atoms with Crippen molar-refractivity contribution in [2.45, 2.75) is 23.1 Å². The summed E-state index contributed by atoms with van der Waals surface area (Å²) in [6.07, 6.45) is 0.911. The Balaban J connectivity index is 1.82. The lowest BCUT2D eigenvalue weighted by Crippen LogP contribution is -2.38. The molecule has 0 spiro atoms. The van der Waals surface area contributed by atoms with Crippen LogP contribution in [0.15, 0.2) is 59.5 Å². The molecule has 132 valence electrons. The quantitative estimate of drug-likeness (QED) is 0.889. The standard InChI is InChI=1S/C19H22N2O3S/c1-21(17-10-11-20-13-17)19(22)16-8-5-9-18(12-16)25(23,24)14-15-6-3-2-4-7-15/h2-9,12,17,20H,10-11,13-14H2,1H3. The van der Waals surface area contributed by atoms with Crippen molar-refractivity contribution in [3.05, 3.63) is 65.7 Å². The van der Waals surface area contributed by atoms with Crippen LogP contribution >= 0.6 is 0 Å². The lowest BCUT2D eigenvalue weighted by molar-refractivity contribution is 0.0743. The topological polar surface area (TPSA) is 66.5 Å². The third-order valence-electron chi connectivity index (χ3n) is 4.54. The highest BCUT2D eigenvalue weighted by molar-refractivity contribution is 7.90. The van der Waals surface area contributed by atoms with Crippen LogP contribution in [0.5, 0.6) is 0 Å². The molecule has 1 aliphatic rings. The van der Waals surface area contributed by atoms with Crippen molar-refractivity contribution in [2.75, 3.05) is 20.1 Å². The van der Waals surface area contributed by atoms with Crippen LogP contribution in [-0.4, -0.2) is 45.4 Å². The first kappa shape index (κ1) is 17.6. The number of carbonyl (C=O) groups excluding carboxylic acids is 1. The third kappa shape index (κ3) is 4.08. The molecule has 2 aromatic rings. The maximum absolute atomic E-state index is 12.7. The zero-order valence-electron chi connectivity index (χ0n) is 14.2. The monoisotopic (exact) mass is 358 g/mol. The Hall–Kier alpha value is -2.18. The summed E-state index contributed by atoms with van der Waals surface area (Å²) in [6.45, 7) is 1.67. The number of amides is 1. The maximum atomic E-state index is 12.7. The molecule has 3 rings (SSSR count). The minimum atomic E-state index is -3.50. The van der Waals surface area contributed by atoms with E-state index in [0.717, 1.165) is 25.1 Å². The van der Waals surface area contributed by atoms with Crippen molar-refractivity contribution >= 4 is 15.7 Å². The van der Waals surface area contributed by atoms with Crippen molar-refractivity contribution in [1.82, 2.24) is 10.2 Å². The van der Waals surface area contributed by atoms with E-state index in [1.54, 1.807) is 42.3 Å². The Morgan fingerprint density at radius 1 is 1.16 bits per heavy atom. The Bertz CT molecular complexity index is 844. The summed E-state index contributed by atoms with van der Waals surface area (Å²) in [6, 6.07) is 15.5. The number of carbonyl (C=O) groups is 1. The molecular formula is C19H22N2O3S. The molecule has 1 saturated heterocycles. The summed E-state index contributed by atoms with van der Waals surface area (Å²) in [5.74, 6) is -0.223. The Labute approximate surface area is 148 Å². The summed E-state index contributed by atoms with van der Waals surface area (Å²) in [7, 11) is -1.73. The number of sulfone groups is 1. The molecule has 2 aromatic carbocycles. The van der Waals surface area contributed by atoms with Gasteiger partial charge in [0.2, 0.25) is 0 Å². The van der Waals surface area contributed by atoms with E-state index in [1.807, 2.05) is 18.2 Å². The first-order valence-corrected chi connectivity index (χ1v) is 9.97. The number of nitrogens with zero attached hydrogens (tertiary/aromatic N) is 1. The summed E-state index contributed by atoms with van der Waals surface area (Å²) >= 11 is 0. The second-order valence-corrected chi connectivity index (χ2v) is 8.32. The van der Waals surface area contributed by atoms with E-state index in [0.29, 0.717) is 5.56 Å². The Morgan fingerprint density at radius 2 is 1.92 bits per heavy atom. The van der Waals surface area contributed by atoms with Crippen LogP contribution < -0.4 is 5.32 Å². The first-order chi connectivity index (χ1) is 12.0. The average molecular weight is 358 g/mol. The van der Waals surface area contributed by atoms with Gasteiger partial charge in [-0.05, 0) is 36.7 Å². The molecule has 6 heteroatoms. The predicted octanol–water partition coefficient (Wildman–Crippen LogP) is 2.09. The highest BCUT2D eigenvalue weighted by Gasteiger charge is 2.25. The number of rotatable bonds is 5. The second kappa shape index (κ2) is 7.37. The predicted molar refractivity (Wildman–Crippen MR) is 97.1 cm³/mol. The van der Waals surface area contributed by atoms with Gasteiger partial charge in [0.25, 0.3) is 5.91 Å². The van der Waals surface area contributed by atoms with Gasteiger partial charge in [-0.3, -0.25) is 4.79 Å². The van der Waals surface area contributed by atoms with Gasteiger partial charge < -0.3 is 10.2 Å². The highest BCUT2D eigenvalue weighted by atomic mass is 32.2. The summed E-state index contributed by atoms with van der Waals surface area (Å²) in [5, 5.41) is 3.23. The van der Waals surface area contributed by atoms with E-state index in [9.17, 15) is 13.2 Å². The van der Waals surface area contributed by atoms with Gasteiger partial charge >= 0.3 is 0 Å². The summed E-state index contributed by atoms with van der Waals surface area (Å²) in [5.41, 5.74) is 1.14. The molecule has 0 radical (unpaired) electrons. The van der Waals surface area contributed by atoms with Gasteiger partial charge in [0, 0.05) is 25.2 Å². The molecule has 0 aromatic heterocycles. The molecule has 1 amide bonds. The summed E-state index contributed by atoms with van der Waals surface area (Å²) < 4.78 is 25.3. The second-order valence-electron chi connectivity index (χ2n) is 6.34. The number of hydrogen-bond acceptors (Lipinski definition) is 4. The molecule has 1 heterocycles. The van der Waals surface area contributed by atoms with Crippen LogP contribution in [0.25, 0.3) is 0 Å². The molecule has 5 nitrogen and oxygen atoms in total. The van der Waals surface area contributed by atoms with Gasteiger partial charge in [0.1, 0.15) is 0 Å². The fraction of sp³-hybridized carbons (Fsp3) is 0.316. The molecule has 0 bridgehead atoms. The number of benzene rings is 2. The van der Waals surface area contributed by atoms with Crippen LogP contribution in [-0.2, 0) is 15.6 Å². The van der Waals surface area contributed by atoms with Crippen LogP contribution in [0, 0.1) is 0 Å².